The van der Waals surface area contributed by atoms with Crippen LogP contribution in [-0.2, 0) is 4.74 Å². The van der Waals surface area contributed by atoms with Gasteiger partial charge >= 0.3 is 5.97 Å². The molecule has 2 heterocycles. The molecule has 3 aromatic rings. The minimum atomic E-state index is -0.392. The summed E-state index contributed by atoms with van der Waals surface area (Å²) in [6.45, 7) is 1.96. The third kappa shape index (κ3) is 3.08. The highest BCUT2D eigenvalue weighted by Crippen LogP contribution is 2.34. The summed E-state index contributed by atoms with van der Waals surface area (Å²) in [4.78, 5) is 26.6. The van der Waals surface area contributed by atoms with Gasteiger partial charge in [0.05, 0.1) is 30.2 Å². The Bertz CT molecular complexity index is 799. The second-order valence-electron chi connectivity index (χ2n) is 5.09. The molecule has 3 rings (SSSR count). The highest BCUT2D eigenvalue weighted by Gasteiger charge is 2.19. The molecule has 1 aromatic carbocycles. The summed E-state index contributed by atoms with van der Waals surface area (Å²) in [6.07, 6.45) is 6.77. The zero-order valence-corrected chi connectivity index (χ0v) is 13.4. The number of carbonyl (C=O) groups is 1. The average Bonchev–Trinajstić information content (AvgIpc) is 2.64. The lowest BCUT2D eigenvalue weighted by Gasteiger charge is -2.24. The fourth-order valence-electron chi connectivity index (χ4n) is 2.35. The second kappa shape index (κ2) is 6.87. The zero-order valence-electron chi connectivity index (χ0n) is 13.4. The first-order chi connectivity index (χ1) is 11.7. The van der Waals surface area contributed by atoms with Gasteiger partial charge in [0, 0.05) is 18.6 Å². The van der Waals surface area contributed by atoms with Crippen LogP contribution in [0.3, 0.4) is 0 Å². The Morgan fingerprint density at radius 2 is 1.88 bits per heavy atom. The van der Waals surface area contributed by atoms with Gasteiger partial charge < -0.3 is 4.74 Å². The number of ether oxygens (including phenoxy) is 1. The number of rotatable bonds is 4. The van der Waals surface area contributed by atoms with Gasteiger partial charge in [-0.1, -0.05) is 6.07 Å². The van der Waals surface area contributed by atoms with Crippen molar-refractivity contribution >= 4 is 23.3 Å². The Hall–Kier alpha value is -3.28. The molecule has 0 saturated heterocycles. The molecule has 0 unspecified atom stereocenters. The summed E-state index contributed by atoms with van der Waals surface area (Å²) in [7, 11) is 1.36. The number of pyridine rings is 1. The second-order valence-corrected chi connectivity index (χ2v) is 5.09. The molecule has 0 radical (unpaired) electrons. The number of carbonyl (C=O) groups excluding carboxylic acids is 1. The van der Waals surface area contributed by atoms with Crippen LogP contribution < -0.4 is 4.90 Å². The van der Waals surface area contributed by atoms with E-state index in [1.165, 1.54) is 7.11 Å². The topological polar surface area (TPSA) is 68.2 Å². The van der Waals surface area contributed by atoms with E-state index in [2.05, 4.69) is 15.0 Å². The van der Waals surface area contributed by atoms with Crippen molar-refractivity contribution in [2.75, 3.05) is 12.0 Å². The van der Waals surface area contributed by atoms with E-state index in [0.717, 1.165) is 16.9 Å². The summed E-state index contributed by atoms with van der Waals surface area (Å²) in [5.74, 6) is 0.104. The van der Waals surface area contributed by atoms with Crippen LogP contribution in [0.15, 0.2) is 61.2 Å². The first-order valence-electron chi connectivity index (χ1n) is 7.37. The van der Waals surface area contributed by atoms with Gasteiger partial charge in [0.2, 0.25) is 5.95 Å². The highest BCUT2D eigenvalue weighted by molar-refractivity contribution is 5.91. The molecule has 0 spiro atoms. The highest BCUT2D eigenvalue weighted by atomic mass is 16.5. The molecule has 0 aliphatic rings. The minimum absolute atomic E-state index is 0.392. The Kier molecular flexibility index (Phi) is 4.47. The van der Waals surface area contributed by atoms with E-state index >= 15 is 0 Å². The predicted molar refractivity (Wildman–Crippen MR) is 90.6 cm³/mol. The predicted octanol–water partition coefficient (Wildman–Crippen LogP) is 3.44. The van der Waals surface area contributed by atoms with Crippen LogP contribution in [0, 0.1) is 6.92 Å². The van der Waals surface area contributed by atoms with Gasteiger partial charge in [0.25, 0.3) is 0 Å². The summed E-state index contributed by atoms with van der Waals surface area (Å²) in [6, 6.07) is 10.9. The molecule has 0 N–H and O–H groups in total. The molecular formula is C18H16N4O2. The number of anilines is 3. The lowest BCUT2D eigenvalue weighted by Crippen LogP contribution is -2.15. The third-order valence-electron chi connectivity index (χ3n) is 3.53. The van der Waals surface area contributed by atoms with Crippen molar-refractivity contribution in [2.45, 2.75) is 6.92 Å². The van der Waals surface area contributed by atoms with Crippen molar-refractivity contribution in [2.24, 2.45) is 0 Å². The number of methoxy groups -OCH3 is 1. The molecule has 6 nitrogen and oxygen atoms in total. The van der Waals surface area contributed by atoms with Gasteiger partial charge in [0.1, 0.15) is 0 Å². The van der Waals surface area contributed by atoms with Crippen LogP contribution in [0.5, 0.6) is 0 Å². The molecule has 120 valence electrons. The van der Waals surface area contributed by atoms with E-state index in [9.17, 15) is 4.79 Å². The number of aromatic nitrogens is 3. The molecule has 0 bridgehead atoms. The number of aryl methyl sites for hydroxylation is 1. The molecule has 24 heavy (non-hydrogen) atoms. The fourth-order valence-corrected chi connectivity index (χ4v) is 2.35. The van der Waals surface area contributed by atoms with Gasteiger partial charge in [0.15, 0.2) is 0 Å². The molecule has 0 fully saturated rings. The maximum atomic E-state index is 11.9. The first kappa shape index (κ1) is 15.6. The van der Waals surface area contributed by atoms with Crippen LogP contribution in [0.1, 0.15) is 15.9 Å². The molecular weight excluding hydrogens is 304 g/mol. The molecule has 6 heteroatoms. The normalized spacial score (nSPS) is 10.2. The minimum Gasteiger partial charge on any atom is -0.465 e. The van der Waals surface area contributed by atoms with Gasteiger partial charge in [-0.05, 0) is 42.8 Å². The third-order valence-corrected chi connectivity index (χ3v) is 3.53. The summed E-state index contributed by atoms with van der Waals surface area (Å²) in [5, 5.41) is 0. The number of benzene rings is 1. The van der Waals surface area contributed by atoms with Crippen molar-refractivity contribution in [1.29, 1.82) is 0 Å². The van der Waals surface area contributed by atoms with Crippen molar-refractivity contribution in [3.8, 4) is 0 Å². The quantitative estimate of drug-likeness (QED) is 0.686. The van der Waals surface area contributed by atoms with Crippen LogP contribution in [0.2, 0.25) is 0 Å². The van der Waals surface area contributed by atoms with E-state index in [0.29, 0.717) is 11.5 Å². The summed E-state index contributed by atoms with van der Waals surface area (Å²) < 4.78 is 4.82. The number of nitrogens with zero attached hydrogens (tertiary/aromatic N) is 4. The largest absolute Gasteiger partial charge is 0.465 e. The lowest BCUT2D eigenvalue weighted by molar-refractivity contribution is 0.0601. The van der Waals surface area contributed by atoms with Crippen molar-refractivity contribution in [3.63, 3.8) is 0 Å². The van der Waals surface area contributed by atoms with Crippen molar-refractivity contribution in [3.05, 3.63) is 72.3 Å². The Morgan fingerprint density at radius 3 is 2.54 bits per heavy atom. The number of hydrogen-bond donors (Lipinski definition) is 0. The maximum Gasteiger partial charge on any atom is 0.337 e. The Balaban J connectivity index is 2.18. The molecule has 0 aliphatic carbocycles. The van der Waals surface area contributed by atoms with Gasteiger partial charge in [-0.3, -0.25) is 9.88 Å². The average molecular weight is 320 g/mol. The van der Waals surface area contributed by atoms with Crippen LogP contribution in [0.25, 0.3) is 0 Å². The van der Waals surface area contributed by atoms with Crippen molar-refractivity contribution in [1.82, 2.24) is 15.0 Å². The smallest absolute Gasteiger partial charge is 0.337 e. The SMILES string of the molecule is COC(=O)c1ccc(C)c(N(c2cccnc2)c2ncccn2)c1. The van der Waals surface area contributed by atoms with E-state index in [4.69, 9.17) is 4.74 Å². The van der Waals surface area contributed by atoms with Gasteiger partial charge in [-0.25, -0.2) is 14.8 Å². The van der Waals surface area contributed by atoms with Gasteiger partial charge in [-0.2, -0.15) is 0 Å². The summed E-state index contributed by atoms with van der Waals surface area (Å²) in [5.41, 5.74) is 3.02. The molecule has 0 saturated carbocycles. The molecule has 0 amide bonds. The van der Waals surface area contributed by atoms with E-state index < -0.39 is 5.97 Å². The van der Waals surface area contributed by atoms with Gasteiger partial charge in [-0.15, -0.1) is 0 Å². The molecule has 0 atom stereocenters. The van der Waals surface area contributed by atoms with Crippen molar-refractivity contribution < 1.29 is 9.53 Å². The van der Waals surface area contributed by atoms with Crippen LogP contribution in [0.4, 0.5) is 17.3 Å². The molecule has 2 aromatic heterocycles. The van der Waals surface area contributed by atoms with E-state index in [1.807, 2.05) is 30.0 Å². The lowest BCUT2D eigenvalue weighted by atomic mass is 10.1. The zero-order chi connectivity index (χ0) is 16.9. The van der Waals surface area contributed by atoms with E-state index in [1.54, 1.807) is 43.0 Å². The first-order valence-corrected chi connectivity index (χ1v) is 7.37. The van der Waals surface area contributed by atoms with E-state index in [-0.39, 0.29) is 0 Å². The van der Waals surface area contributed by atoms with Crippen LogP contribution >= 0.6 is 0 Å². The maximum absolute atomic E-state index is 11.9. The number of hydrogen-bond acceptors (Lipinski definition) is 6. The fraction of sp³-hybridized carbons (Fsp3) is 0.111. The molecule has 0 aliphatic heterocycles. The summed E-state index contributed by atoms with van der Waals surface area (Å²) >= 11 is 0. The van der Waals surface area contributed by atoms with Crippen LogP contribution in [-0.4, -0.2) is 28.0 Å². The monoisotopic (exact) mass is 320 g/mol. The Labute approximate surface area is 139 Å². The Morgan fingerprint density at radius 1 is 1.08 bits per heavy atom. The standard InChI is InChI=1S/C18H16N4O2/c1-13-6-7-14(17(23)24-2)11-16(13)22(15-5-3-8-19-12-15)18-20-9-4-10-21-18/h3-12H,1-2H3. The number of esters is 1.